The van der Waals surface area contributed by atoms with Gasteiger partial charge in [0, 0.05) is 4.47 Å². The van der Waals surface area contributed by atoms with Crippen LogP contribution in [-0.2, 0) is 9.59 Å². The minimum Gasteiger partial charge on any atom is -0.274 e. The van der Waals surface area contributed by atoms with E-state index < -0.39 is 0 Å². The Kier molecular flexibility index (Phi) is 2.77. The summed E-state index contributed by atoms with van der Waals surface area (Å²) < 4.78 is 0.839. The minimum absolute atomic E-state index is 0.0450. The Hall–Kier alpha value is -0.870. The van der Waals surface area contributed by atoms with Gasteiger partial charge in [0.15, 0.2) is 0 Å². The summed E-state index contributed by atoms with van der Waals surface area (Å²) in [5, 5.41) is 0.438. The summed E-state index contributed by atoms with van der Waals surface area (Å²) in [5.41, 5.74) is 0.527. The van der Waals surface area contributed by atoms with E-state index in [1.807, 2.05) is 6.07 Å². The van der Waals surface area contributed by atoms with Crippen LogP contribution < -0.4 is 4.90 Å². The molecule has 0 aromatic heterocycles. The number of hydrogen-bond acceptors (Lipinski definition) is 2. The average Bonchev–Trinajstić information content (AvgIpc) is 3.06. The Morgan fingerprint density at radius 1 is 1.10 bits per heavy atom. The summed E-state index contributed by atoms with van der Waals surface area (Å²) in [5.74, 6) is 0.524. The first kappa shape index (κ1) is 12.8. The van der Waals surface area contributed by atoms with Crippen molar-refractivity contribution >= 4 is 45.0 Å². The molecular weight excluding hydrogens is 342 g/mol. The van der Waals surface area contributed by atoms with Crippen LogP contribution in [0.1, 0.15) is 19.3 Å². The summed E-state index contributed by atoms with van der Waals surface area (Å²) in [4.78, 5) is 26.6. The first-order chi connectivity index (χ1) is 9.58. The van der Waals surface area contributed by atoms with Crippen LogP contribution in [0, 0.1) is 23.7 Å². The molecule has 2 saturated carbocycles. The lowest BCUT2D eigenvalue weighted by Gasteiger charge is -2.19. The molecule has 1 aliphatic heterocycles. The van der Waals surface area contributed by atoms with E-state index >= 15 is 0 Å². The first-order valence-corrected chi connectivity index (χ1v) is 8.08. The number of imide groups is 1. The number of carbonyl (C=O) groups is 2. The molecule has 4 rings (SSSR count). The highest BCUT2D eigenvalue weighted by Gasteiger charge is 2.61. The van der Waals surface area contributed by atoms with Gasteiger partial charge >= 0.3 is 0 Å². The zero-order chi connectivity index (χ0) is 14.0. The van der Waals surface area contributed by atoms with Crippen LogP contribution in [0.15, 0.2) is 22.7 Å². The van der Waals surface area contributed by atoms with Gasteiger partial charge in [-0.25, -0.2) is 4.90 Å². The molecule has 4 atom stereocenters. The Morgan fingerprint density at radius 3 is 2.25 bits per heavy atom. The fourth-order valence-corrected chi connectivity index (χ4v) is 5.07. The number of amides is 2. The van der Waals surface area contributed by atoms with Crippen molar-refractivity contribution in [3.8, 4) is 0 Å². The Morgan fingerprint density at radius 2 is 1.70 bits per heavy atom. The fraction of sp³-hybridized carbons (Fsp3) is 0.467. The van der Waals surface area contributed by atoms with E-state index in [-0.39, 0.29) is 23.7 Å². The highest BCUT2D eigenvalue weighted by Crippen LogP contribution is 2.57. The van der Waals surface area contributed by atoms with Gasteiger partial charge in [0.05, 0.1) is 22.5 Å². The highest BCUT2D eigenvalue weighted by molar-refractivity contribution is 9.10. The molecule has 0 radical (unpaired) electrons. The maximum absolute atomic E-state index is 12.7. The molecule has 3 nitrogen and oxygen atoms in total. The third-order valence-electron chi connectivity index (χ3n) is 5.08. The Balaban J connectivity index is 1.77. The van der Waals surface area contributed by atoms with E-state index in [0.717, 1.165) is 23.7 Å². The predicted molar refractivity (Wildman–Crippen MR) is 79.5 cm³/mol. The molecule has 1 saturated heterocycles. The Bertz CT molecular complexity index is 604. The molecule has 3 fully saturated rings. The molecule has 104 valence electrons. The lowest BCUT2D eigenvalue weighted by atomic mass is 9.81. The summed E-state index contributed by atoms with van der Waals surface area (Å²) in [6, 6.07) is 5.27. The Labute approximate surface area is 130 Å². The van der Waals surface area contributed by atoms with Crippen molar-refractivity contribution in [1.29, 1.82) is 0 Å². The topological polar surface area (TPSA) is 37.4 Å². The van der Waals surface area contributed by atoms with Crippen LogP contribution in [0.25, 0.3) is 0 Å². The van der Waals surface area contributed by atoms with Crippen molar-refractivity contribution < 1.29 is 9.59 Å². The normalized spacial score (nSPS) is 35.0. The molecule has 2 bridgehead atoms. The molecular formula is C15H13BrClNO2. The standard InChI is InChI=1S/C15H13BrClNO2/c16-9-3-4-11(10(17)6-9)18-14(19)12-7-1-2-8(5-7)13(12)15(18)20/h3-4,6-8,12-13H,1-2,5H2/t7-,8-,12+,13+/m0/s1. The number of benzene rings is 1. The summed E-state index contributed by atoms with van der Waals surface area (Å²) >= 11 is 9.55. The van der Waals surface area contributed by atoms with Gasteiger partial charge in [0.2, 0.25) is 11.8 Å². The number of rotatable bonds is 1. The van der Waals surface area contributed by atoms with Crippen molar-refractivity contribution in [2.24, 2.45) is 23.7 Å². The van der Waals surface area contributed by atoms with Gasteiger partial charge in [0.25, 0.3) is 0 Å². The van der Waals surface area contributed by atoms with Crippen LogP contribution in [0.4, 0.5) is 5.69 Å². The number of nitrogens with zero attached hydrogens (tertiary/aromatic N) is 1. The number of fused-ring (bicyclic) bond motifs is 5. The molecule has 1 heterocycles. The quantitative estimate of drug-likeness (QED) is 0.722. The van der Waals surface area contributed by atoms with Gasteiger partial charge in [-0.15, -0.1) is 0 Å². The average molecular weight is 355 g/mol. The number of carbonyl (C=O) groups excluding carboxylic acids is 2. The largest absolute Gasteiger partial charge is 0.274 e. The molecule has 20 heavy (non-hydrogen) atoms. The monoisotopic (exact) mass is 353 g/mol. The maximum Gasteiger partial charge on any atom is 0.238 e. The van der Waals surface area contributed by atoms with Crippen molar-refractivity contribution in [1.82, 2.24) is 0 Å². The molecule has 0 N–H and O–H groups in total. The van der Waals surface area contributed by atoms with Crippen molar-refractivity contribution in [2.75, 3.05) is 4.90 Å². The number of halogens is 2. The second-order valence-electron chi connectivity index (χ2n) is 5.99. The SMILES string of the molecule is O=C1[C@@H]2[C@H]3CC[C@@H](C3)[C@H]2C(=O)N1c1ccc(Br)cc1Cl. The summed E-state index contributed by atoms with van der Waals surface area (Å²) in [6.07, 6.45) is 3.23. The third kappa shape index (κ3) is 1.58. The van der Waals surface area contributed by atoms with Gasteiger partial charge in [-0.05, 0) is 49.3 Å². The van der Waals surface area contributed by atoms with E-state index in [4.69, 9.17) is 11.6 Å². The van der Waals surface area contributed by atoms with Gasteiger partial charge in [-0.2, -0.15) is 0 Å². The van der Waals surface area contributed by atoms with E-state index in [2.05, 4.69) is 15.9 Å². The van der Waals surface area contributed by atoms with Crippen molar-refractivity contribution in [3.05, 3.63) is 27.7 Å². The lowest BCUT2D eigenvalue weighted by molar-refractivity contribution is -0.123. The van der Waals surface area contributed by atoms with Gasteiger partial charge in [0.1, 0.15) is 0 Å². The maximum atomic E-state index is 12.7. The van der Waals surface area contributed by atoms with Crippen LogP contribution in [0.3, 0.4) is 0 Å². The summed E-state index contributed by atoms with van der Waals surface area (Å²) in [7, 11) is 0. The number of anilines is 1. The van der Waals surface area contributed by atoms with E-state index in [0.29, 0.717) is 22.5 Å². The van der Waals surface area contributed by atoms with Crippen LogP contribution in [0.5, 0.6) is 0 Å². The second kappa shape index (κ2) is 4.31. The molecule has 3 aliphatic rings. The highest BCUT2D eigenvalue weighted by atomic mass is 79.9. The second-order valence-corrected chi connectivity index (χ2v) is 7.32. The van der Waals surface area contributed by atoms with E-state index in [1.54, 1.807) is 12.1 Å². The van der Waals surface area contributed by atoms with Gasteiger partial charge in [-0.3, -0.25) is 9.59 Å². The van der Waals surface area contributed by atoms with E-state index in [1.165, 1.54) is 4.90 Å². The third-order valence-corrected chi connectivity index (χ3v) is 5.87. The van der Waals surface area contributed by atoms with Crippen molar-refractivity contribution in [2.45, 2.75) is 19.3 Å². The molecule has 0 spiro atoms. The minimum atomic E-state index is -0.0963. The molecule has 5 heteroatoms. The van der Waals surface area contributed by atoms with Crippen molar-refractivity contribution in [3.63, 3.8) is 0 Å². The summed E-state index contributed by atoms with van der Waals surface area (Å²) in [6.45, 7) is 0. The zero-order valence-electron chi connectivity index (χ0n) is 10.7. The molecule has 2 aliphatic carbocycles. The van der Waals surface area contributed by atoms with Crippen LogP contribution in [-0.4, -0.2) is 11.8 Å². The van der Waals surface area contributed by atoms with Crippen LogP contribution in [0.2, 0.25) is 5.02 Å². The van der Waals surface area contributed by atoms with Gasteiger partial charge in [-0.1, -0.05) is 27.5 Å². The molecule has 0 unspecified atom stereocenters. The molecule has 2 amide bonds. The first-order valence-electron chi connectivity index (χ1n) is 6.91. The van der Waals surface area contributed by atoms with Gasteiger partial charge < -0.3 is 0 Å². The zero-order valence-corrected chi connectivity index (χ0v) is 13.0. The predicted octanol–water partition coefficient (Wildman–Crippen LogP) is 3.64. The smallest absolute Gasteiger partial charge is 0.238 e. The van der Waals surface area contributed by atoms with Crippen LogP contribution >= 0.6 is 27.5 Å². The number of hydrogen-bond donors (Lipinski definition) is 0. The van der Waals surface area contributed by atoms with E-state index in [9.17, 15) is 9.59 Å². The fourth-order valence-electron chi connectivity index (χ4n) is 4.31. The molecule has 1 aromatic carbocycles. The molecule has 1 aromatic rings. The lowest BCUT2D eigenvalue weighted by Crippen LogP contribution is -2.32.